The van der Waals surface area contributed by atoms with Gasteiger partial charge in [0.1, 0.15) is 5.75 Å². The lowest BCUT2D eigenvalue weighted by Crippen LogP contribution is -2.03. The fraction of sp³-hybridized carbons (Fsp3) is 0.0909. The summed E-state index contributed by atoms with van der Waals surface area (Å²) in [6, 6.07) is 9.13. The smallest absolute Gasteiger partial charge is 0.161 e. The molecule has 0 amide bonds. The Hall–Kier alpha value is -2.14. The highest BCUT2D eigenvalue weighted by atomic mass is 16.3. The van der Waals surface area contributed by atoms with Gasteiger partial charge in [0.15, 0.2) is 11.5 Å². The number of phenols is 1. The van der Waals surface area contributed by atoms with Gasteiger partial charge in [-0.15, -0.1) is 10.2 Å². The summed E-state index contributed by atoms with van der Waals surface area (Å²) in [7, 11) is 0. The average Bonchev–Trinajstić information content (AvgIpc) is 2.72. The van der Waals surface area contributed by atoms with Crippen LogP contribution in [0, 0.1) is 0 Å². The van der Waals surface area contributed by atoms with Crippen molar-refractivity contribution < 1.29 is 5.11 Å². The molecule has 2 heterocycles. The molecule has 0 radical (unpaired) electrons. The Morgan fingerprint density at radius 2 is 2.06 bits per heavy atom. The van der Waals surface area contributed by atoms with Gasteiger partial charge in [0.05, 0.1) is 12.1 Å². The second kappa shape index (κ2) is 3.18. The van der Waals surface area contributed by atoms with Gasteiger partial charge in [-0.25, -0.2) is 0 Å². The van der Waals surface area contributed by atoms with E-state index in [-0.39, 0.29) is 12.3 Å². The molecule has 0 unspecified atom stereocenters. The van der Waals surface area contributed by atoms with E-state index in [0.29, 0.717) is 17.0 Å². The Balaban J connectivity index is 2.60. The molecule has 0 fully saturated rings. The molecular formula is C11H10N4O. The number of aromatic hydroxyl groups is 1. The van der Waals surface area contributed by atoms with E-state index in [1.54, 1.807) is 16.5 Å². The number of hydrogen-bond donors (Lipinski definition) is 2. The maximum absolute atomic E-state index is 9.89. The Bertz CT molecular complexity index is 674. The number of fused-ring (bicyclic) bond motifs is 3. The first-order valence-corrected chi connectivity index (χ1v) is 4.96. The van der Waals surface area contributed by atoms with Crippen LogP contribution in [0.5, 0.6) is 5.75 Å². The number of hydrogen-bond acceptors (Lipinski definition) is 4. The van der Waals surface area contributed by atoms with E-state index in [1.165, 1.54) is 0 Å². The van der Waals surface area contributed by atoms with Crippen molar-refractivity contribution in [1.82, 2.24) is 14.6 Å². The van der Waals surface area contributed by atoms with E-state index in [2.05, 4.69) is 10.2 Å². The summed E-state index contributed by atoms with van der Waals surface area (Å²) in [6.07, 6.45) is 0. The zero-order valence-electron chi connectivity index (χ0n) is 8.46. The van der Waals surface area contributed by atoms with Crippen LogP contribution in [-0.2, 0) is 6.54 Å². The minimum absolute atomic E-state index is 0.206. The Morgan fingerprint density at radius 3 is 2.88 bits per heavy atom. The first-order chi connectivity index (χ1) is 7.81. The maximum atomic E-state index is 9.89. The summed E-state index contributed by atoms with van der Waals surface area (Å²) in [4.78, 5) is 0. The third kappa shape index (κ3) is 1.09. The summed E-state index contributed by atoms with van der Waals surface area (Å²) >= 11 is 0. The quantitative estimate of drug-likeness (QED) is 0.634. The first-order valence-electron chi connectivity index (χ1n) is 4.96. The molecule has 1 aromatic carbocycles. The highest BCUT2D eigenvalue weighted by molar-refractivity contribution is 5.87. The van der Waals surface area contributed by atoms with Crippen LogP contribution in [0.25, 0.3) is 16.6 Å². The second-order valence-corrected chi connectivity index (χ2v) is 3.56. The van der Waals surface area contributed by atoms with Gasteiger partial charge in [0, 0.05) is 5.39 Å². The highest BCUT2D eigenvalue weighted by Gasteiger charge is 2.09. The molecule has 0 aliphatic rings. The largest absolute Gasteiger partial charge is 0.506 e. The van der Waals surface area contributed by atoms with E-state index in [1.807, 2.05) is 18.2 Å². The van der Waals surface area contributed by atoms with E-state index in [4.69, 9.17) is 5.73 Å². The number of rotatable bonds is 1. The van der Waals surface area contributed by atoms with Gasteiger partial charge in [-0.3, -0.25) is 4.40 Å². The summed E-state index contributed by atoms with van der Waals surface area (Å²) in [5, 5.41) is 18.8. The second-order valence-electron chi connectivity index (χ2n) is 3.56. The highest BCUT2D eigenvalue weighted by Crippen LogP contribution is 2.25. The fourth-order valence-electron chi connectivity index (χ4n) is 1.91. The van der Waals surface area contributed by atoms with Crippen molar-refractivity contribution in [2.45, 2.75) is 6.54 Å². The Kier molecular flexibility index (Phi) is 1.81. The lowest BCUT2D eigenvalue weighted by atomic mass is 10.2. The molecule has 0 spiro atoms. The summed E-state index contributed by atoms with van der Waals surface area (Å²) in [5.74, 6) is 0.847. The summed E-state index contributed by atoms with van der Waals surface area (Å²) < 4.78 is 1.78. The molecule has 0 bridgehead atoms. The van der Waals surface area contributed by atoms with Crippen molar-refractivity contribution in [3.8, 4) is 5.75 Å². The SMILES string of the molecule is NCc1nnc2ccc3cccc(O)c3n12. The van der Waals surface area contributed by atoms with Gasteiger partial charge in [0.25, 0.3) is 0 Å². The molecule has 5 nitrogen and oxygen atoms in total. The minimum atomic E-state index is 0.206. The van der Waals surface area contributed by atoms with Crippen molar-refractivity contribution in [2.75, 3.05) is 0 Å². The topological polar surface area (TPSA) is 76.4 Å². The zero-order valence-corrected chi connectivity index (χ0v) is 8.46. The van der Waals surface area contributed by atoms with E-state index < -0.39 is 0 Å². The van der Waals surface area contributed by atoms with Gasteiger partial charge >= 0.3 is 0 Å². The standard InChI is InChI=1S/C11H10N4O/c12-6-10-14-13-9-5-4-7-2-1-3-8(16)11(7)15(9)10/h1-5,16H,6,12H2. The van der Waals surface area contributed by atoms with Crippen molar-refractivity contribution in [2.24, 2.45) is 5.73 Å². The molecule has 16 heavy (non-hydrogen) atoms. The number of benzene rings is 1. The van der Waals surface area contributed by atoms with Gasteiger partial charge in [-0.1, -0.05) is 12.1 Å². The Labute approximate surface area is 91.1 Å². The van der Waals surface area contributed by atoms with Crippen LogP contribution in [0.3, 0.4) is 0 Å². The van der Waals surface area contributed by atoms with E-state index in [0.717, 1.165) is 5.39 Å². The van der Waals surface area contributed by atoms with Crippen LogP contribution < -0.4 is 5.73 Å². The van der Waals surface area contributed by atoms with Crippen molar-refractivity contribution in [3.05, 3.63) is 36.2 Å². The molecule has 0 aliphatic heterocycles. The van der Waals surface area contributed by atoms with Crippen molar-refractivity contribution in [3.63, 3.8) is 0 Å². The lowest BCUT2D eigenvalue weighted by molar-refractivity contribution is 0.479. The van der Waals surface area contributed by atoms with Gasteiger partial charge in [-0.05, 0) is 18.2 Å². The molecule has 0 aliphatic carbocycles. The number of aromatic nitrogens is 3. The van der Waals surface area contributed by atoms with Crippen LogP contribution in [0.1, 0.15) is 5.82 Å². The van der Waals surface area contributed by atoms with Gasteiger partial charge in [0.2, 0.25) is 0 Å². The zero-order chi connectivity index (χ0) is 11.1. The van der Waals surface area contributed by atoms with Crippen LogP contribution >= 0.6 is 0 Å². The van der Waals surface area contributed by atoms with Crippen molar-refractivity contribution in [1.29, 1.82) is 0 Å². The molecule has 0 saturated carbocycles. The van der Waals surface area contributed by atoms with Gasteiger partial charge in [-0.2, -0.15) is 0 Å². The predicted molar refractivity (Wildman–Crippen MR) is 60.0 cm³/mol. The predicted octanol–water partition coefficient (Wildman–Crippen LogP) is 1.05. The molecule has 5 heteroatoms. The van der Waals surface area contributed by atoms with Gasteiger partial charge < -0.3 is 10.8 Å². The average molecular weight is 214 g/mol. The number of nitrogens with zero attached hydrogens (tertiary/aromatic N) is 3. The summed E-state index contributed by atoms with van der Waals surface area (Å²) in [5.41, 5.74) is 6.99. The number of para-hydroxylation sites is 1. The fourth-order valence-corrected chi connectivity index (χ4v) is 1.91. The molecule has 80 valence electrons. The molecule has 3 aromatic rings. The normalized spacial score (nSPS) is 11.3. The molecule has 3 rings (SSSR count). The molecule has 3 N–H and O–H groups in total. The maximum Gasteiger partial charge on any atom is 0.161 e. The number of nitrogens with two attached hydrogens (primary N) is 1. The molecule has 0 saturated heterocycles. The van der Waals surface area contributed by atoms with Crippen LogP contribution in [0.2, 0.25) is 0 Å². The Morgan fingerprint density at radius 1 is 1.19 bits per heavy atom. The summed E-state index contributed by atoms with van der Waals surface area (Å²) in [6.45, 7) is 0.286. The van der Waals surface area contributed by atoms with Crippen molar-refractivity contribution >= 4 is 16.6 Å². The molecule has 0 atom stereocenters. The first kappa shape index (κ1) is 9.11. The molecular weight excluding hydrogens is 204 g/mol. The molecule has 2 aromatic heterocycles. The van der Waals surface area contributed by atoms with Crippen LogP contribution in [0.15, 0.2) is 30.3 Å². The number of pyridine rings is 1. The minimum Gasteiger partial charge on any atom is -0.506 e. The van der Waals surface area contributed by atoms with Crippen LogP contribution in [-0.4, -0.2) is 19.7 Å². The van der Waals surface area contributed by atoms with Crippen LogP contribution in [0.4, 0.5) is 0 Å². The third-order valence-electron chi connectivity index (χ3n) is 2.62. The van der Waals surface area contributed by atoms with E-state index >= 15 is 0 Å². The monoisotopic (exact) mass is 214 g/mol. The number of phenolic OH excluding ortho intramolecular Hbond substituents is 1. The lowest BCUT2D eigenvalue weighted by Gasteiger charge is -2.05. The third-order valence-corrected chi connectivity index (χ3v) is 2.62. The van der Waals surface area contributed by atoms with E-state index in [9.17, 15) is 5.11 Å².